The molecule has 0 spiro atoms. The molecule has 0 bridgehead atoms. The fraction of sp³-hybridized carbons (Fsp3) is 0.515. The van der Waals surface area contributed by atoms with Crippen LogP contribution in [-0.4, -0.2) is 138 Å². The Bertz CT molecular complexity index is 1460. The lowest BCUT2D eigenvalue weighted by molar-refractivity contribution is -0.385. The summed E-state index contributed by atoms with van der Waals surface area (Å²) in [6.07, 6.45) is -3.34. The van der Waals surface area contributed by atoms with Gasteiger partial charge in [-0.3, -0.25) is 29.8 Å². The summed E-state index contributed by atoms with van der Waals surface area (Å²) in [6, 6.07) is 9.82. The van der Waals surface area contributed by atoms with E-state index in [0.717, 1.165) is 0 Å². The van der Waals surface area contributed by atoms with E-state index in [2.05, 4.69) is 0 Å². The number of nitrogens with zero attached hydrogens (tertiary/aromatic N) is 2. The molecule has 0 amide bonds. The van der Waals surface area contributed by atoms with Crippen molar-refractivity contribution in [2.75, 3.05) is 92.5 Å². The van der Waals surface area contributed by atoms with E-state index in [1.54, 1.807) is 0 Å². The molecule has 2 aromatic rings. The van der Waals surface area contributed by atoms with E-state index in [1.807, 2.05) is 0 Å². The molecular weight excluding hydrogens is 744 g/mol. The highest BCUT2D eigenvalue weighted by Gasteiger charge is 2.18. The molecule has 304 valence electrons. The Balaban J connectivity index is 1.45. The number of nitro groups is 2. The predicted molar refractivity (Wildman–Crippen MR) is 182 cm³/mol. The van der Waals surface area contributed by atoms with Gasteiger partial charge in [0.05, 0.1) is 89.1 Å². The van der Waals surface area contributed by atoms with Gasteiger partial charge in [0.15, 0.2) is 0 Å². The molecule has 2 aromatic carbocycles. The molecule has 55 heavy (non-hydrogen) atoms. The summed E-state index contributed by atoms with van der Waals surface area (Å²) < 4.78 is 57.0. The molecule has 0 aliphatic rings. The van der Waals surface area contributed by atoms with Gasteiger partial charge in [0.1, 0.15) is 37.2 Å². The topological polar surface area (TPSA) is 276 Å². The Morgan fingerprint density at radius 1 is 0.545 bits per heavy atom. The fourth-order valence-electron chi connectivity index (χ4n) is 3.83. The minimum absolute atomic E-state index is 0.0335. The van der Waals surface area contributed by atoms with Crippen molar-refractivity contribution in [3.63, 3.8) is 0 Å². The van der Waals surface area contributed by atoms with Gasteiger partial charge < -0.3 is 57.2 Å². The van der Waals surface area contributed by atoms with Crippen LogP contribution in [0.3, 0.4) is 0 Å². The van der Waals surface area contributed by atoms with E-state index in [9.17, 15) is 39.4 Å². The predicted octanol–water partition coefficient (Wildman–Crippen LogP) is 3.11. The van der Waals surface area contributed by atoms with Gasteiger partial charge in [-0.1, -0.05) is 0 Å². The number of carbonyl (C=O) groups is 4. The second-order valence-corrected chi connectivity index (χ2v) is 10.5. The van der Waals surface area contributed by atoms with Gasteiger partial charge in [0.2, 0.25) is 0 Å². The smallest absolute Gasteiger partial charge is 0.481 e. The van der Waals surface area contributed by atoms with Crippen LogP contribution in [0.25, 0.3) is 0 Å². The number of hydrogen-bond acceptors (Lipinski definition) is 19. The summed E-state index contributed by atoms with van der Waals surface area (Å²) >= 11 is 0. The Labute approximate surface area is 313 Å². The zero-order chi connectivity index (χ0) is 40.1. The molecule has 0 saturated heterocycles. The van der Waals surface area contributed by atoms with Crippen molar-refractivity contribution in [1.29, 1.82) is 0 Å². The second kappa shape index (κ2) is 28.0. The zero-order valence-corrected chi connectivity index (χ0v) is 29.6. The van der Waals surface area contributed by atoms with Crippen LogP contribution in [0, 0.1) is 20.2 Å². The lowest BCUT2D eigenvalue weighted by Crippen LogP contribution is -2.27. The molecule has 22 heteroatoms. The first kappa shape index (κ1) is 45.6. The van der Waals surface area contributed by atoms with Crippen molar-refractivity contribution in [3.8, 4) is 11.5 Å². The van der Waals surface area contributed by atoms with Crippen molar-refractivity contribution in [3.05, 3.63) is 68.8 Å². The van der Waals surface area contributed by atoms with E-state index in [0.29, 0.717) is 0 Å². The highest BCUT2D eigenvalue weighted by molar-refractivity contribution is 5.90. The number of benzene rings is 2. The quantitative estimate of drug-likeness (QED) is 0.0226. The number of aliphatic carboxylic acids is 1. The van der Waals surface area contributed by atoms with Crippen LogP contribution in [0.1, 0.15) is 12.8 Å². The standard InChI is InChI=1S/C33H42N2O20/c36-30(37)23-31(38)53-29(24-50-18-17-47-14-16-49-20-22-52-33(40)55-28-7-3-26(4-8-28)35(43)44)9-10-45-11-12-46-13-15-48-19-21-51-32(39)54-27-5-1-25(2-6-27)34(41)42/h1-8,29H,9-24H2,(H,36,37). The van der Waals surface area contributed by atoms with Gasteiger partial charge in [-0.2, -0.15) is 0 Å². The maximum atomic E-state index is 11.9. The molecule has 1 unspecified atom stereocenters. The minimum Gasteiger partial charge on any atom is -0.481 e. The number of esters is 1. The van der Waals surface area contributed by atoms with Crippen molar-refractivity contribution in [2.45, 2.75) is 18.9 Å². The molecule has 0 aliphatic heterocycles. The molecule has 22 nitrogen and oxygen atoms in total. The Kier molecular flexibility index (Phi) is 23.2. The maximum Gasteiger partial charge on any atom is 0.513 e. The Morgan fingerprint density at radius 3 is 1.29 bits per heavy atom. The van der Waals surface area contributed by atoms with Crippen LogP contribution >= 0.6 is 0 Å². The van der Waals surface area contributed by atoms with Crippen LogP contribution in [0.4, 0.5) is 21.0 Å². The lowest BCUT2D eigenvalue weighted by atomic mass is 10.3. The SMILES string of the molecule is O=C(O)CC(=O)OC(CCOCCOCCOCCOC(=O)Oc1ccc([N+](=O)[O-])cc1)COCCOCCOCCOC(=O)Oc1ccc([N+](=O)[O-])cc1. The second-order valence-electron chi connectivity index (χ2n) is 10.5. The van der Waals surface area contributed by atoms with Crippen molar-refractivity contribution < 1.29 is 86.2 Å². The average Bonchev–Trinajstić information content (AvgIpc) is 3.14. The molecule has 1 atom stereocenters. The number of carboxylic acid groups (broad SMARTS) is 1. The van der Waals surface area contributed by atoms with Gasteiger partial charge in [0.25, 0.3) is 11.4 Å². The molecule has 0 radical (unpaired) electrons. The van der Waals surface area contributed by atoms with Crippen LogP contribution in [0.5, 0.6) is 11.5 Å². The van der Waals surface area contributed by atoms with Gasteiger partial charge >= 0.3 is 24.2 Å². The van der Waals surface area contributed by atoms with Gasteiger partial charge in [-0.05, 0) is 24.3 Å². The monoisotopic (exact) mass is 786 g/mol. The number of carboxylic acids is 1. The summed E-state index contributed by atoms with van der Waals surface area (Å²) in [5.41, 5.74) is -0.294. The summed E-state index contributed by atoms with van der Waals surface area (Å²) in [5, 5.41) is 30.2. The third-order valence-electron chi connectivity index (χ3n) is 6.36. The summed E-state index contributed by atoms with van der Waals surface area (Å²) in [4.78, 5) is 66.2. The normalized spacial score (nSPS) is 11.3. The van der Waals surface area contributed by atoms with Crippen molar-refractivity contribution in [1.82, 2.24) is 0 Å². The number of carbonyl (C=O) groups excluding carboxylic acids is 3. The number of nitro benzene ring substituents is 2. The first-order valence-corrected chi connectivity index (χ1v) is 16.6. The average molecular weight is 787 g/mol. The molecule has 0 fully saturated rings. The lowest BCUT2D eigenvalue weighted by Gasteiger charge is -2.18. The highest BCUT2D eigenvalue weighted by Crippen LogP contribution is 2.18. The first-order valence-electron chi connectivity index (χ1n) is 16.6. The summed E-state index contributed by atoms with van der Waals surface area (Å²) in [6.45, 7) is 1.67. The van der Waals surface area contributed by atoms with Gasteiger partial charge in [0, 0.05) is 30.7 Å². The highest BCUT2D eigenvalue weighted by atomic mass is 16.7. The molecule has 0 heterocycles. The minimum atomic E-state index is -1.33. The maximum absolute atomic E-state index is 11.9. The number of hydrogen-bond donors (Lipinski definition) is 1. The number of non-ortho nitro benzene ring substituents is 2. The largest absolute Gasteiger partial charge is 0.513 e. The third-order valence-corrected chi connectivity index (χ3v) is 6.36. The van der Waals surface area contributed by atoms with Crippen LogP contribution in [-0.2, 0) is 52.2 Å². The molecule has 2 rings (SSSR count). The van der Waals surface area contributed by atoms with Crippen LogP contribution in [0.2, 0.25) is 0 Å². The Hall–Kier alpha value is -5.52. The van der Waals surface area contributed by atoms with E-state index in [-0.39, 0.29) is 122 Å². The van der Waals surface area contributed by atoms with Crippen LogP contribution in [0.15, 0.2) is 48.5 Å². The Morgan fingerprint density at radius 2 is 0.909 bits per heavy atom. The summed E-state index contributed by atoms with van der Waals surface area (Å²) in [7, 11) is 0. The zero-order valence-electron chi connectivity index (χ0n) is 29.6. The molecule has 0 saturated carbocycles. The third kappa shape index (κ3) is 23.0. The first-order chi connectivity index (χ1) is 26.5. The van der Waals surface area contributed by atoms with Crippen molar-refractivity contribution >= 4 is 35.6 Å². The molecule has 1 N–H and O–H groups in total. The number of ether oxygens (including phenoxy) is 11. The molecule has 0 aliphatic carbocycles. The molecule has 0 aromatic heterocycles. The van der Waals surface area contributed by atoms with Crippen molar-refractivity contribution in [2.24, 2.45) is 0 Å². The fourth-order valence-corrected chi connectivity index (χ4v) is 3.83. The van der Waals surface area contributed by atoms with E-state index >= 15 is 0 Å². The van der Waals surface area contributed by atoms with E-state index in [1.165, 1.54) is 48.5 Å². The van der Waals surface area contributed by atoms with E-state index < -0.39 is 46.6 Å². The van der Waals surface area contributed by atoms with E-state index in [4.69, 9.17) is 57.2 Å². The van der Waals surface area contributed by atoms with Gasteiger partial charge in [-0.25, -0.2) is 9.59 Å². The summed E-state index contributed by atoms with van der Waals surface area (Å²) in [5.74, 6) is -2.08. The van der Waals surface area contributed by atoms with Crippen LogP contribution < -0.4 is 9.47 Å². The molecular formula is C33H42N2O20. The van der Waals surface area contributed by atoms with Gasteiger partial charge in [-0.15, -0.1) is 0 Å². The number of rotatable bonds is 30.